The second-order valence-corrected chi connectivity index (χ2v) is 8.04. The Balaban J connectivity index is 1.94. The Labute approximate surface area is 163 Å². The topological polar surface area (TPSA) is 116 Å². The zero-order chi connectivity index (χ0) is 20.7. The lowest BCUT2D eigenvalue weighted by molar-refractivity contribution is -0.139. The number of amides is 1. The van der Waals surface area contributed by atoms with Crippen LogP contribution in [0.3, 0.4) is 0 Å². The zero-order valence-corrected chi connectivity index (χ0v) is 16.5. The number of carboxylic acids is 1. The summed E-state index contributed by atoms with van der Waals surface area (Å²) in [5.74, 6) is -1.80. The third kappa shape index (κ3) is 5.92. The standard InChI is InChI=1S/C19H23N2O6P/c1-14-8-10-15(11-9-14)18(22)20-17(19(23)24)12-13-27-28(25,26)21(2)16-6-4-3-5-7-16/h3-11,17H,12-13H2,1-2H3,(H,20,22)(H,23,24)(H,25,26)/t17-/m0/s1. The van der Waals surface area contributed by atoms with E-state index in [4.69, 9.17) is 4.52 Å². The fraction of sp³-hybridized carbons (Fsp3) is 0.263. The summed E-state index contributed by atoms with van der Waals surface area (Å²) in [6.07, 6.45) is -0.167. The number of para-hydroxylation sites is 1. The first-order chi connectivity index (χ1) is 13.2. The van der Waals surface area contributed by atoms with E-state index in [0.29, 0.717) is 11.3 Å². The van der Waals surface area contributed by atoms with Crippen molar-refractivity contribution in [1.82, 2.24) is 5.32 Å². The fourth-order valence-corrected chi connectivity index (χ4v) is 3.31. The summed E-state index contributed by atoms with van der Waals surface area (Å²) in [6, 6.07) is 13.9. The molecule has 1 amide bonds. The van der Waals surface area contributed by atoms with Crippen LogP contribution in [-0.4, -0.2) is 41.6 Å². The number of benzene rings is 2. The van der Waals surface area contributed by atoms with Gasteiger partial charge in [-0.25, -0.2) is 9.36 Å². The van der Waals surface area contributed by atoms with Gasteiger partial charge in [0.25, 0.3) is 5.91 Å². The largest absolute Gasteiger partial charge is 0.480 e. The number of nitrogens with zero attached hydrogens (tertiary/aromatic N) is 1. The van der Waals surface area contributed by atoms with Crippen LogP contribution < -0.4 is 9.99 Å². The third-order valence-electron chi connectivity index (χ3n) is 4.09. The Hall–Kier alpha value is -2.67. The molecule has 0 aliphatic heterocycles. The van der Waals surface area contributed by atoms with Crippen molar-refractivity contribution < 1.29 is 28.7 Å². The number of anilines is 1. The van der Waals surface area contributed by atoms with Crippen LogP contribution in [0.5, 0.6) is 0 Å². The van der Waals surface area contributed by atoms with Gasteiger partial charge in [0, 0.05) is 24.7 Å². The Morgan fingerprint density at radius 1 is 1.14 bits per heavy atom. The number of hydrogen-bond acceptors (Lipinski definition) is 4. The molecule has 0 heterocycles. The summed E-state index contributed by atoms with van der Waals surface area (Å²) in [5.41, 5.74) is 1.78. The molecule has 0 radical (unpaired) electrons. The number of carbonyl (C=O) groups excluding carboxylic acids is 1. The van der Waals surface area contributed by atoms with Crippen LogP contribution in [-0.2, 0) is 13.9 Å². The SMILES string of the molecule is Cc1ccc(C(=O)N[C@@H](CCOP(=O)(O)N(C)c2ccccc2)C(=O)O)cc1. The van der Waals surface area contributed by atoms with Crippen molar-refractivity contribution in [3.05, 3.63) is 65.7 Å². The van der Waals surface area contributed by atoms with Crippen molar-refractivity contribution >= 4 is 25.3 Å². The van der Waals surface area contributed by atoms with E-state index in [0.717, 1.165) is 10.2 Å². The summed E-state index contributed by atoms with van der Waals surface area (Å²) < 4.78 is 18.5. The lowest BCUT2D eigenvalue weighted by atomic mass is 10.1. The maximum atomic E-state index is 12.4. The van der Waals surface area contributed by atoms with Crippen LogP contribution in [0.25, 0.3) is 0 Å². The van der Waals surface area contributed by atoms with Crippen molar-refractivity contribution in [2.45, 2.75) is 19.4 Å². The van der Waals surface area contributed by atoms with Gasteiger partial charge in [-0.3, -0.25) is 14.0 Å². The molecule has 1 unspecified atom stereocenters. The predicted octanol–water partition coefficient (Wildman–Crippen LogP) is 2.82. The average molecular weight is 406 g/mol. The quantitative estimate of drug-likeness (QED) is 0.548. The molecular formula is C19H23N2O6P. The number of carbonyl (C=O) groups is 2. The molecule has 0 spiro atoms. The van der Waals surface area contributed by atoms with Crippen molar-refractivity contribution in [1.29, 1.82) is 0 Å². The second kappa shape index (κ2) is 9.50. The minimum absolute atomic E-state index is 0.167. The Morgan fingerprint density at radius 3 is 2.32 bits per heavy atom. The molecule has 0 aromatic heterocycles. The van der Waals surface area contributed by atoms with Crippen LogP contribution >= 0.6 is 7.75 Å². The number of carboxylic acid groups (broad SMARTS) is 1. The first-order valence-corrected chi connectivity index (χ1v) is 10.1. The molecule has 0 saturated carbocycles. The highest BCUT2D eigenvalue weighted by Crippen LogP contribution is 2.47. The van der Waals surface area contributed by atoms with Crippen molar-refractivity contribution in [2.24, 2.45) is 0 Å². The number of nitrogens with one attached hydrogen (secondary N) is 1. The van der Waals surface area contributed by atoms with Gasteiger partial charge in [0.1, 0.15) is 6.04 Å². The van der Waals surface area contributed by atoms with Crippen LogP contribution in [0, 0.1) is 6.92 Å². The van der Waals surface area contributed by atoms with Crippen molar-refractivity contribution in [3.63, 3.8) is 0 Å². The summed E-state index contributed by atoms with van der Waals surface area (Å²) >= 11 is 0. The molecule has 0 bridgehead atoms. The maximum Gasteiger partial charge on any atom is 0.432 e. The van der Waals surface area contributed by atoms with Gasteiger partial charge in [-0.1, -0.05) is 35.9 Å². The Morgan fingerprint density at radius 2 is 1.75 bits per heavy atom. The van der Waals surface area contributed by atoms with Crippen molar-refractivity contribution in [3.8, 4) is 0 Å². The first-order valence-electron chi connectivity index (χ1n) is 8.57. The second-order valence-electron chi connectivity index (χ2n) is 6.20. The summed E-state index contributed by atoms with van der Waals surface area (Å²) in [7, 11) is -2.76. The van der Waals surface area contributed by atoms with E-state index in [2.05, 4.69) is 5.32 Å². The van der Waals surface area contributed by atoms with Crippen molar-refractivity contribution in [2.75, 3.05) is 18.3 Å². The van der Waals surface area contributed by atoms with E-state index < -0.39 is 25.7 Å². The minimum atomic E-state index is -4.16. The lowest BCUT2D eigenvalue weighted by Crippen LogP contribution is -2.41. The molecule has 2 aromatic rings. The molecule has 9 heteroatoms. The molecule has 2 rings (SSSR count). The van der Waals surface area contributed by atoms with E-state index >= 15 is 0 Å². The molecule has 28 heavy (non-hydrogen) atoms. The highest BCUT2D eigenvalue weighted by Gasteiger charge is 2.28. The third-order valence-corrected chi connectivity index (χ3v) is 5.60. The van der Waals surface area contributed by atoms with E-state index in [9.17, 15) is 24.2 Å². The zero-order valence-electron chi connectivity index (χ0n) is 15.6. The van der Waals surface area contributed by atoms with E-state index in [-0.39, 0.29) is 13.0 Å². The first kappa shape index (κ1) is 21.6. The molecule has 0 aliphatic rings. The number of aliphatic carboxylic acids is 1. The number of hydrogen-bond donors (Lipinski definition) is 3. The van der Waals surface area contributed by atoms with Crippen LogP contribution in [0.15, 0.2) is 54.6 Å². The van der Waals surface area contributed by atoms with Crippen LogP contribution in [0.2, 0.25) is 0 Å². The molecule has 2 aromatic carbocycles. The van der Waals surface area contributed by atoms with Gasteiger partial charge < -0.3 is 15.3 Å². The van der Waals surface area contributed by atoms with Gasteiger partial charge in [0.15, 0.2) is 0 Å². The monoisotopic (exact) mass is 406 g/mol. The summed E-state index contributed by atoms with van der Waals surface area (Å²) in [4.78, 5) is 33.7. The van der Waals surface area contributed by atoms with Gasteiger partial charge in [-0.2, -0.15) is 0 Å². The molecule has 2 atom stereocenters. The van der Waals surface area contributed by atoms with Crippen LogP contribution in [0.4, 0.5) is 5.69 Å². The van der Waals surface area contributed by atoms with Gasteiger partial charge in [0.2, 0.25) is 0 Å². The fourth-order valence-electron chi connectivity index (χ4n) is 2.37. The normalized spacial score (nSPS) is 14.0. The van der Waals surface area contributed by atoms with E-state index in [1.807, 2.05) is 6.92 Å². The Bertz CT molecular complexity index is 856. The summed E-state index contributed by atoms with van der Waals surface area (Å²) in [6.45, 7) is 1.55. The number of aryl methyl sites for hydroxylation is 1. The van der Waals surface area contributed by atoms with Gasteiger partial charge in [-0.05, 0) is 31.2 Å². The molecule has 3 N–H and O–H groups in total. The highest BCUT2D eigenvalue weighted by atomic mass is 31.2. The highest BCUT2D eigenvalue weighted by molar-refractivity contribution is 7.54. The minimum Gasteiger partial charge on any atom is -0.480 e. The van der Waals surface area contributed by atoms with Gasteiger partial charge in [-0.15, -0.1) is 0 Å². The number of rotatable bonds is 9. The predicted molar refractivity (Wildman–Crippen MR) is 105 cm³/mol. The van der Waals surface area contributed by atoms with Crippen LogP contribution in [0.1, 0.15) is 22.3 Å². The molecule has 0 aliphatic carbocycles. The smallest absolute Gasteiger partial charge is 0.432 e. The van der Waals surface area contributed by atoms with E-state index in [1.54, 1.807) is 54.6 Å². The maximum absolute atomic E-state index is 12.4. The molecule has 0 saturated heterocycles. The van der Waals surface area contributed by atoms with Gasteiger partial charge in [0.05, 0.1) is 6.61 Å². The molecule has 0 fully saturated rings. The molecule has 150 valence electrons. The van der Waals surface area contributed by atoms with E-state index in [1.165, 1.54) is 7.05 Å². The average Bonchev–Trinajstić information content (AvgIpc) is 2.67. The molecule has 8 nitrogen and oxygen atoms in total. The molecular weight excluding hydrogens is 383 g/mol. The Kier molecular flexibility index (Phi) is 7.34. The lowest BCUT2D eigenvalue weighted by Gasteiger charge is -2.25. The summed E-state index contributed by atoms with van der Waals surface area (Å²) in [5, 5.41) is 11.7. The van der Waals surface area contributed by atoms with Gasteiger partial charge >= 0.3 is 13.7 Å².